The fourth-order valence-corrected chi connectivity index (χ4v) is 3.47. The molecule has 0 spiro atoms. The van der Waals surface area contributed by atoms with Crippen LogP contribution in [-0.2, 0) is 24.5 Å². The molecule has 1 saturated heterocycles. The van der Waals surface area contributed by atoms with Crippen LogP contribution in [0.4, 0.5) is 13.2 Å². The Kier molecular flexibility index (Phi) is 5.42. The van der Waals surface area contributed by atoms with Gasteiger partial charge in [0, 0.05) is 44.2 Å². The second-order valence-corrected chi connectivity index (χ2v) is 7.22. The number of nitrogens with one attached hydrogen (secondary N) is 1. The monoisotopic (exact) mass is 405 g/mol. The zero-order chi connectivity index (χ0) is 20.4. The first-order chi connectivity index (χ1) is 13.9. The van der Waals surface area contributed by atoms with Gasteiger partial charge in [-0.3, -0.25) is 4.68 Å². The van der Waals surface area contributed by atoms with Crippen LogP contribution < -0.4 is 5.32 Å². The van der Waals surface area contributed by atoms with Crippen LogP contribution in [0, 0.1) is 0 Å². The second-order valence-electron chi connectivity index (χ2n) is 7.22. The zero-order valence-electron chi connectivity index (χ0n) is 15.9. The maximum atomic E-state index is 12.7. The molecule has 0 amide bonds. The molecule has 3 heterocycles. The van der Waals surface area contributed by atoms with Gasteiger partial charge in [-0.2, -0.15) is 23.4 Å². The lowest BCUT2D eigenvalue weighted by atomic mass is 9.99. The van der Waals surface area contributed by atoms with Crippen molar-refractivity contribution in [3.63, 3.8) is 0 Å². The van der Waals surface area contributed by atoms with Crippen molar-refractivity contribution >= 4 is 0 Å². The smallest absolute Gasteiger partial charge is 0.373 e. The Morgan fingerprint density at radius 1 is 1.21 bits per heavy atom. The molecule has 1 aliphatic rings. The molecule has 154 valence electrons. The Balaban J connectivity index is 1.34. The molecule has 2 atom stereocenters. The number of hydrogen-bond acceptors (Lipinski definition) is 4. The quantitative estimate of drug-likeness (QED) is 0.704. The van der Waals surface area contributed by atoms with E-state index in [1.165, 1.54) is 10.9 Å². The molecule has 0 aliphatic carbocycles. The second kappa shape index (κ2) is 8.00. The van der Waals surface area contributed by atoms with Crippen molar-refractivity contribution in [3.05, 3.63) is 65.7 Å². The number of alkyl halides is 3. The Labute approximate surface area is 166 Å². The SMILES string of the molecule is Cn1cc(C2CC(NCc3ccc(-n4ccc(C(F)(F)F)n4)cc3)CCO2)cn1. The topological polar surface area (TPSA) is 56.9 Å². The first kappa shape index (κ1) is 19.7. The molecule has 2 unspecified atom stereocenters. The predicted octanol–water partition coefficient (Wildman–Crippen LogP) is 3.63. The van der Waals surface area contributed by atoms with Crippen molar-refractivity contribution in [2.45, 2.75) is 37.7 Å². The lowest BCUT2D eigenvalue weighted by molar-refractivity contribution is -0.141. The van der Waals surface area contributed by atoms with Crippen LogP contribution >= 0.6 is 0 Å². The van der Waals surface area contributed by atoms with Gasteiger partial charge in [0.25, 0.3) is 0 Å². The Bertz CT molecular complexity index is 948. The minimum absolute atomic E-state index is 0.0416. The summed E-state index contributed by atoms with van der Waals surface area (Å²) < 4.78 is 47.0. The maximum absolute atomic E-state index is 12.7. The molecule has 1 N–H and O–H groups in total. The van der Waals surface area contributed by atoms with Crippen LogP contribution in [0.2, 0.25) is 0 Å². The molecular weight excluding hydrogens is 383 g/mol. The van der Waals surface area contributed by atoms with E-state index in [1.54, 1.807) is 16.8 Å². The number of ether oxygens (including phenoxy) is 1. The molecule has 9 heteroatoms. The lowest BCUT2D eigenvalue weighted by Gasteiger charge is -2.29. The molecule has 1 aliphatic heterocycles. The van der Waals surface area contributed by atoms with E-state index in [1.807, 2.05) is 31.6 Å². The number of nitrogens with zero attached hydrogens (tertiary/aromatic N) is 4. The normalized spacial score (nSPS) is 20.1. The summed E-state index contributed by atoms with van der Waals surface area (Å²) in [6.45, 7) is 1.37. The molecule has 0 bridgehead atoms. The molecule has 0 radical (unpaired) electrons. The molecule has 2 aromatic heterocycles. The molecule has 0 saturated carbocycles. The third-order valence-corrected chi connectivity index (χ3v) is 5.06. The molecule has 4 rings (SSSR count). The van der Waals surface area contributed by atoms with Gasteiger partial charge in [-0.1, -0.05) is 12.1 Å². The number of aryl methyl sites for hydroxylation is 1. The third kappa shape index (κ3) is 4.68. The van der Waals surface area contributed by atoms with Gasteiger partial charge in [0.15, 0.2) is 5.69 Å². The minimum Gasteiger partial charge on any atom is -0.373 e. The Hall–Kier alpha value is -2.65. The maximum Gasteiger partial charge on any atom is 0.435 e. The summed E-state index contributed by atoms with van der Waals surface area (Å²) >= 11 is 0. The van der Waals surface area contributed by atoms with E-state index in [0.29, 0.717) is 24.9 Å². The number of aromatic nitrogens is 4. The van der Waals surface area contributed by atoms with E-state index in [4.69, 9.17) is 4.74 Å². The fraction of sp³-hybridized carbons (Fsp3) is 0.400. The standard InChI is InChI=1S/C20H22F3N5O/c1-27-13-15(12-25-27)18-10-16(7-9-29-18)24-11-14-2-4-17(5-3-14)28-8-6-19(26-28)20(21,22)23/h2-6,8,12-13,16,18,24H,7,9-11H2,1H3. The van der Waals surface area contributed by atoms with Crippen LogP contribution in [-0.4, -0.2) is 32.2 Å². The lowest BCUT2D eigenvalue weighted by Crippen LogP contribution is -2.35. The Morgan fingerprint density at radius 2 is 2.00 bits per heavy atom. The van der Waals surface area contributed by atoms with E-state index < -0.39 is 11.9 Å². The van der Waals surface area contributed by atoms with Crippen molar-refractivity contribution in [1.29, 1.82) is 0 Å². The average molecular weight is 405 g/mol. The summed E-state index contributed by atoms with van der Waals surface area (Å²) in [5, 5.41) is 11.3. The van der Waals surface area contributed by atoms with E-state index >= 15 is 0 Å². The molecule has 1 aromatic carbocycles. The highest BCUT2D eigenvalue weighted by Gasteiger charge is 2.33. The predicted molar refractivity (Wildman–Crippen MR) is 100 cm³/mol. The van der Waals surface area contributed by atoms with Crippen LogP contribution in [0.3, 0.4) is 0 Å². The highest BCUT2D eigenvalue weighted by molar-refractivity contribution is 5.34. The Morgan fingerprint density at radius 3 is 2.66 bits per heavy atom. The van der Waals surface area contributed by atoms with Crippen molar-refractivity contribution in [2.75, 3.05) is 6.61 Å². The van der Waals surface area contributed by atoms with Gasteiger partial charge in [-0.15, -0.1) is 0 Å². The van der Waals surface area contributed by atoms with Gasteiger partial charge in [-0.25, -0.2) is 4.68 Å². The number of rotatable bonds is 5. The largest absolute Gasteiger partial charge is 0.435 e. The minimum atomic E-state index is -4.44. The first-order valence-electron chi connectivity index (χ1n) is 9.44. The summed E-state index contributed by atoms with van der Waals surface area (Å²) in [6, 6.07) is 8.64. The number of benzene rings is 1. The molecule has 3 aromatic rings. The summed E-state index contributed by atoms with van der Waals surface area (Å²) in [6.07, 6.45) is 2.54. The molecule has 29 heavy (non-hydrogen) atoms. The van der Waals surface area contributed by atoms with Crippen LogP contribution in [0.15, 0.2) is 48.9 Å². The first-order valence-corrected chi connectivity index (χ1v) is 9.44. The van der Waals surface area contributed by atoms with Gasteiger partial charge < -0.3 is 10.1 Å². The summed E-state index contributed by atoms with van der Waals surface area (Å²) in [7, 11) is 1.89. The van der Waals surface area contributed by atoms with E-state index in [-0.39, 0.29) is 6.10 Å². The van der Waals surface area contributed by atoms with Gasteiger partial charge >= 0.3 is 6.18 Å². The van der Waals surface area contributed by atoms with Crippen LogP contribution in [0.5, 0.6) is 0 Å². The third-order valence-electron chi connectivity index (χ3n) is 5.06. The van der Waals surface area contributed by atoms with E-state index in [9.17, 15) is 13.2 Å². The van der Waals surface area contributed by atoms with Crippen molar-refractivity contribution in [2.24, 2.45) is 7.05 Å². The summed E-state index contributed by atoms with van der Waals surface area (Å²) in [5.74, 6) is 0. The number of hydrogen-bond donors (Lipinski definition) is 1. The van der Waals surface area contributed by atoms with Gasteiger partial charge in [0.05, 0.1) is 18.0 Å². The van der Waals surface area contributed by atoms with Crippen LogP contribution in [0.1, 0.15) is 35.8 Å². The van der Waals surface area contributed by atoms with Crippen molar-refractivity contribution in [1.82, 2.24) is 24.9 Å². The molecule has 1 fully saturated rings. The molecule has 6 nitrogen and oxygen atoms in total. The van der Waals surface area contributed by atoms with Crippen molar-refractivity contribution in [3.8, 4) is 5.69 Å². The van der Waals surface area contributed by atoms with Gasteiger partial charge in [-0.05, 0) is 36.6 Å². The van der Waals surface area contributed by atoms with Crippen molar-refractivity contribution < 1.29 is 17.9 Å². The highest BCUT2D eigenvalue weighted by Crippen LogP contribution is 2.29. The van der Waals surface area contributed by atoms with E-state index in [0.717, 1.165) is 30.0 Å². The summed E-state index contributed by atoms with van der Waals surface area (Å²) in [4.78, 5) is 0. The average Bonchev–Trinajstić information content (AvgIpc) is 3.36. The fourth-order valence-electron chi connectivity index (χ4n) is 3.47. The number of halogens is 3. The zero-order valence-corrected chi connectivity index (χ0v) is 15.9. The van der Waals surface area contributed by atoms with Gasteiger partial charge in [0.1, 0.15) is 0 Å². The summed E-state index contributed by atoms with van der Waals surface area (Å²) in [5.41, 5.74) is 1.83. The molecular formula is C20H22F3N5O. The highest BCUT2D eigenvalue weighted by atomic mass is 19.4. The van der Waals surface area contributed by atoms with Crippen LogP contribution in [0.25, 0.3) is 5.69 Å². The van der Waals surface area contributed by atoms with E-state index in [2.05, 4.69) is 15.5 Å². The van der Waals surface area contributed by atoms with Gasteiger partial charge in [0.2, 0.25) is 0 Å².